The molecule has 0 spiro atoms. The summed E-state index contributed by atoms with van der Waals surface area (Å²) in [4.78, 5) is 31.6. The van der Waals surface area contributed by atoms with Crippen molar-refractivity contribution in [2.24, 2.45) is 10.9 Å². The standard InChI is InChI=1S/C14H19NO.C10H18N2.C8H10.C2H4.2CH2O/c1-5-6-13(16)15-12-9-7-11(8-10-12)14(2,3)4;1-6-8(3)10(12-7-2)9(4)11-5;1-7-3-5-8(2)6-4-7;3*1-2/h5-10H,1-4H3,(H,15,16);6-8,11H,1H2,2-5H3;3-6H,1-2H3;1-2H2;2*1H2/b6-5+;10-9+,12-7?;;;;. The summed E-state index contributed by atoms with van der Waals surface area (Å²) in [5, 5.41) is 5.88. The minimum atomic E-state index is -0.0917. The fraction of sp³-hybridized carbons (Fsp3) is 0.333. The number of rotatable bonds is 6. The van der Waals surface area contributed by atoms with E-state index in [9.17, 15) is 4.79 Å². The van der Waals surface area contributed by atoms with Gasteiger partial charge in [0.25, 0.3) is 0 Å². The molecule has 2 aromatic carbocycles. The van der Waals surface area contributed by atoms with Crippen LogP contribution in [0.4, 0.5) is 5.69 Å². The lowest BCUT2D eigenvalue weighted by Crippen LogP contribution is -2.12. The normalized spacial score (nSPS) is 11.0. The zero-order valence-electron chi connectivity index (χ0n) is 27.7. The third-order valence-corrected chi connectivity index (χ3v) is 5.37. The first-order chi connectivity index (χ1) is 19.9. The van der Waals surface area contributed by atoms with Crippen molar-refractivity contribution in [2.45, 2.75) is 67.7 Å². The maximum atomic E-state index is 11.3. The van der Waals surface area contributed by atoms with Crippen LogP contribution >= 0.6 is 0 Å². The zero-order valence-corrected chi connectivity index (χ0v) is 27.7. The van der Waals surface area contributed by atoms with Crippen molar-refractivity contribution in [1.29, 1.82) is 0 Å². The fourth-order valence-corrected chi connectivity index (χ4v) is 2.96. The predicted molar refractivity (Wildman–Crippen MR) is 185 cm³/mol. The molecular weight excluding hydrogens is 522 g/mol. The molecule has 0 saturated heterocycles. The molecule has 1 atom stereocenters. The summed E-state index contributed by atoms with van der Waals surface area (Å²) >= 11 is 0. The first-order valence-corrected chi connectivity index (χ1v) is 13.5. The van der Waals surface area contributed by atoms with Crippen LogP contribution in [0.15, 0.2) is 103 Å². The second-order valence-corrected chi connectivity index (χ2v) is 9.64. The third kappa shape index (κ3) is 22.5. The summed E-state index contributed by atoms with van der Waals surface area (Å²) in [6, 6.07) is 16.4. The maximum Gasteiger partial charge on any atom is 0.248 e. The molecule has 2 aromatic rings. The lowest BCUT2D eigenvalue weighted by molar-refractivity contribution is -0.112. The highest BCUT2D eigenvalue weighted by atomic mass is 16.1. The molecule has 0 saturated carbocycles. The Balaban J connectivity index is -0.000000246. The van der Waals surface area contributed by atoms with Crippen LogP contribution in [-0.2, 0) is 19.8 Å². The summed E-state index contributed by atoms with van der Waals surface area (Å²) in [5.74, 6) is 0.208. The van der Waals surface area contributed by atoms with Gasteiger partial charge in [-0.1, -0.05) is 87.4 Å². The number of nitrogens with zero attached hydrogens (tertiary/aromatic N) is 1. The average Bonchev–Trinajstić information content (AvgIpc) is 3.00. The summed E-state index contributed by atoms with van der Waals surface area (Å²) < 4.78 is 0. The quantitative estimate of drug-likeness (QED) is 0.204. The number of aliphatic imine (C=N–C) groups is 1. The van der Waals surface area contributed by atoms with E-state index < -0.39 is 0 Å². The van der Waals surface area contributed by atoms with Crippen LogP contribution in [0.5, 0.6) is 0 Å². The van der Waals surface area contributed by atoms with E-state index in [4.69, 9.17) is 9.59 Å². The van der Waals surface area contributed by atoms with E-state index in [0.717, 1.165) is 17.1 Å². The minimum absolute atomic E-state index is 0.0917. The van der Waals surface area contributed by atoms with Crippen molar-refractivity contribution < 1.29 is 14.4 Å². The van der Waals surface area contributed by atoms with Gasteiger partial charge in [-0.2, -0.15) is 0 Å². The molecule has 0 aliphatic carbocycles. The van der Waals surface area contributed by atoms with Gasteiger partial charge in [-0.25, -0.2) is 0 Å². The van der Waals surface area contributed by atoms with Gasteiger partial charge in [0.05, 0.1) is 5.70 Å². The molecule has 1 amide bonds. The Bertz CT molecular complexity index is 1040. The van der Waals surface area contributed by atoms with Crippen molar-refractivity contribution in [3.05, 3.63) is 115 Å². The summed E-state index contributed by atoms with van der Waals surface area (Å²) in [5.41, 5.74) is 7.04. The molecule has 6 heteroatoms. The van der Waals surface area contributed by atoms with Crippen LogP contribution in [0.3, 0.4) is 0 Å². The second kappa shape index (κ2) is 28.2. The highest BCUT2D eigenvalue weighted by Gasteiger charge is 2.12. The topological polar surface area (TPSA) is 87.6 Å². The molecule has 0 radical (unpaired) electrons. The van der Waals surface area contributed by atoms with Crippen LogP contribution in [0.2, 0.25) is 0 Å². The van der Waals surface area contributed by atoms with Crippen LogP contribution in [0.1, 0.15) is 65.2 Å². The van der Waals surface area contributed by atoms with Gasteiger partial charge < -0.3 is 20.2 Å². The number of amides is 1. The molecule has 0 aliphatic heterocycles. The van der Waals surface area contributed by atoms with Gasteiger partial charge in [0, 0.05) is 30.6 Å². The summed E-state index contributed by atoms with van der Waals surface area (Å²) in [7, 11) is 1.90. The second-order valence-electron chi connectivity index (χ2n) is 9.64. The molecule has 0 fully saturated rings. The van der Waals surface area contributed by atoms with E-state index in [2.05, 4.69) is 101 Å². The number of carbonyl (C=O) groups excluding carboxylic acids is 3. The number of hydrogen-bond acceptors (Lipinski definition) is 5. The fourth-order valence-electron chi connectivity index (χ4n) is 2.96. The number of anilines is 1. The number of allylic oxidation sites excluding steroid dienone is 3. The van der Waals surface area contributed by atoms with Crippen LogP contribution in [-0.4, -0.2) is 32.7 Å². The molecular formula is C36H55N3O3. The molecule has 0 bridgehead atoms. The van der Waals surface area contributed by atoms with Crippen molar-refractivity contribution in [3.8, 4) is 0 Å². The summed E-state index contributed by atoms with van der Waals surface area (Å²) in [6.45, 7) is 32.3. The first-order valence-electron chi connectivity index (χ1n) is 13.5. The van der Waals surface area contributed by atoms with Gasteiger partial charge in [-0.15, -0.1) is 19.7 Å². The number of carbonyl (C=O) groups is 3. The largest absolute Gasteiger partial charge is 0.390 e. The van der Waals surface area contributed by atoms with Gasteiger partial charge in [-0.05, 0) is 63.8 Å². The average molecular weight is 578 g/mol. The van der Waals surface area contributed by atoms with Crippen molar-refractivity contribution in [3.63, 3.8) is 0 Å². The van der Waals surface area contributed by atoms with Crippen LogP contribution < -0.4 is 10.6 Å². The molecule has 0 aliphatic rings. The number of aryl methyl sites for hydroxylation is 2. The van der Waals surface area contributed by atoms with Crippen molar-refractivity contribution in [1.82, 2.24) is 5.32 Å². The summed E-state index contributed by atoms with van der Waals surface area (Å²) in [6.07, 6.45) is 6.93. The van der Waals surface area contributed by atoms with E-state index in [1.807, 2.05) is 71.7 Å². The van der Waals surface area contributed by atoms with Crippen molar-refractivity contribution >= 4 is 31.4 Å². The number of benzene rings is 2. The van der Waals surface area contributed by atoms with Gasteiger partial charge in [0.2, 0.25) is 5.91 Å². The molecule has 0 heterocycles. The first kappa shape index (κ1) is 44.7. The van der Waals surface area contributed by atoms with E-state index in [-0.39, 0.29) is 11.3 Å². The molecule has 42 heavy (non-hydrogen) atoms. The van der Waals surface area contributed by atoms with Crippen LogP contribution in [0, 0.1) is 19.8 Å². The highest BCUT2D eigenvalue weighted by molar-refractivity contribution is 5.99. The predicted octanol–water partition coefficient (Wildman–Crippen LogP) is 8.58. The van der Waals surface area contributed by atoms with E-state index in [1.54, 1.807) is 12.3 Å². The Labute approximate surface area is 256 Å². The van der Waals surface area contributed by atoms with Gasteiger partial charge in [0.1, 0.15) is 13.6 Å². The Morgan fingerprint density at radius 3 is 1.62 bits per heavy atom. The van der Waals surface area contributed by atoms with E-state index in [0.29, 0.717) is 5.92 Å². The third-order valence-electron chi connectivity index (χ3n) is 5.37. The molecule has 232 valence electrons. The molecule has 2 rings (SSSR count). The minimum Gasteiger partial charge on any atom is -0.390 e. The number of nitrogens with one attached hydrogen (secondary N) is 2. The Morgan fingerprint density at radius 2 is 1.31 bits per heavy atom. The lowest BCUT2D eigenvalue weighted by Gasteiger charge is -2.19. The SMILES string of the molecule is C/C=C/C(=O)Nc1ccc(C(C)(C)C)cc1.C=C.C=CC(C)/C(N=CC)=C(/C)NC.C=O.C=O.Cc1ccc(C)cc1. The molecule has 0 aromatic heterocycles. The smallest absolute Gasteiger partial charge is 0.248 e. The van der Waals surface area contributed by atoms with Crippen molar-refractivity contribution in [2.75, 3.05) is 12.4 Å². The number of hydrogen-bond donors (Lipinski definition) is 2. The maximum absolute atomic E-state index is 11.3. The van der Waals surface area contributed by atoms with Gasteiger partial charge in [0.15, 0.2) is 0 Å². The van der Waals surface area contributed by atoms with E-state index in [1.165, 1.54) is 22.8 Å². The molecule has 2 N–H and O–H groups in total. The van der Waals surface area contributed by atoms with E-state index >= 15 is 0 Å². The molecule has 6 nitrogen and oxygen atoms in total. The Morgan fingerprint density at radius 1 is 0.881 bits per heavy atom. The van der Waals surface area contributed by atoms with Crippen LogP contribution in [0.25, 0.3) is 0 Å². The highest BCUT2D eigenvalue weighted by Crippen LogP contribution is 2.23. The Hall–Kier alpha value is -4.32. The monoisotopic (exact) mass is 577 g/mol. The zero-order chi connectivity index (χ0) is 33.7. The molecule has 1 unspecified atom stereocenters. The lowest BCUT2D eigenvalue weighted by atomic mass is 9.87. The van der Waals surface area contributed by atoms with Gasteiger partial charge >= 0.3 is 0 Å². The van der Waals surface area contributed by atoms with Gasteiger partial charge in [-0.3, -0.25) is 9.79 Å². The Kier molecular flexibility index (Phi) is 30.0.